The van der Waals surface area contributed by atoms with E-state index in [1.165, 1.54) is 0 Å². The van der Waals surface area contributed by atoms with E-state index in [9.17, 15) is 4.79 Å². The van der Waals surface area contributed by atoms with E-state index in [4.69, 9.17) is 10.5 Å². The van der Waals surface area contributed by atoms with Gasteiger partial charge in [0.1, 0.15) is 5.69 Å². The van der Waals surface area contributed by atoms with Gasteiger partial charge in [0.05, 0.1) is 11.2 Å². The molecule has 20 heavy (non-hydrogen) atoms. The summed E-state index contributed by atoms with van der Waals surface area (Å²) in [6, 6.07) is 0. The number of hydrogen-bond acceptors (Lipinski definition) is 4. The highest BCUT2D eigenvalue weighted by Crippen LogP contribution is 2.28. The predicted octanol–water partition coefficient (Wildman–Crippen LogP) is 0.803. The van der Waals surface area contributed by atoms with Crippen molar-refractivity contribution in [1.29, 1.82) is 0 Å². The minimum absolute atomic E-state index is 0.00905. The number of hydrogen-bond donors (Lipinski definition) is 2. The molecule has 1 aliphatic carbocycles. The van der Waals surface area contributed by atoms with Crippen LogP contribution in [0.2, 0.25) is 0 Å². The predicted molar refractivity (Wildman–Crippen MR) is 76.6 cm³/mol. The third-order valence-corrected chi connectivity index (χ3v) is 4.15. The van der Waals surface area contributed by atoms with Gasteiger partial charge >= 0.3 is 0 Å². The molecule has 6 heteroatoms. The lowest BCUT2D eigenvalue weighted by molar-refractivity contribution is -0.124. The van der Waals surface area contributed by atoms with Crippen molar-refractivity contribution in [3.8, 4) is 5.75 Å². The fourth-order valence-electron chi connectivity index (χ4n) is 2.86. The number of nitrogens with one attached hydrogen (secondary N) is 1. The van der Waals surface area contributed by atoms with Crippen molar-refractivity contribution >= 4 is 5.91 Å². The monoisotopic (exact) mass is 280 g/mol. The average Bonchev–Trinajstić information content (AvgIpc) is 2.95. The molecule has 1 aromatic rings. The zero-order valence-corrected chi connectivity index (χ0v) is 12.5. The summed E-state index contributed by atoms with van der Waals surface area (Å²) >= 11 is 0. The number of rotatable bonds is 5. The molecular formula is C14H24N4O2. The lowest BCUT2D eigenvalue weighted by atomic mass is 9.98. The third-order valence-electron chi connectivity index (χ3n) is 4.15. The smallest absolute Gasteiger partial charge is 0.258 e. The highest BCUT2D eigenvalue weighted by Gasteiger charge is 2.33. The van der Waals surface area contributed by atoms with E-state index < -0.39 is 0 Å². The Morgan fingerprint density at radius 1 is 1.45 bits per heavy atom. The molecule has 0 atom stereocenters. The second kappa shape index (κ2) is 5.83. The van der Waals surface area contributed by atoms with E-state index in [0.29, 0.717) is 12.3 Å². The SMILES string of the molecule is Cc1nn(C)c(C)c1OCC(=O)NC1(CN)CCCC1. The summed E-state index contributed by atoms with van der Waals surface area (Å²) < 4.78 is 7.36. The van der Waals surface area contributed by atoms with Gasteiger partial charge in [-0.15, -0.1) is 0 Å². The Bertz CT molecular complexity index is 490. The number of ether oxygens (including phenoxy) is 1. The molecule has 0 radical (unpaired) electrons. The number of nitrogens with two attached hydrogens (primary N) is 1. The van der Waals surface area contributed by atoms with Crippen LogP contribution in [0, 0.1) is 13.8 Å². The van der Waals surface area contributed by atoms with Gasteiger partial charge in [-0.25, -0.2) is 0 Å². The van der Waals surface area contributed by atoms with Crippen LogP contribution in [0.25, 0.3) is 0 Å². The van der Waals surface area contributed by atoms with E-state index in [1.54, 1.807) is 4.68 Å². The normalized spacial score (nSPS) is 17.2. The van der Waals surface area contributed by atoms with Gasteiger partial charge in [-0.3, -0.25) is 9.48 Å². The molecule has 1 fully saturated rings. The van der Waals surface area contributed by atoms with Crippen molar-refractivity contribution in [3.05, 3.63) is 11.4 Å². The molecule has 1 saturated carbocycles. The van der Waals surface area contributed by atoms with Gasteiger partial charge in [0, 0.05) is 13.6 Å². The Kier molecular flexibility index (Phi) is 4.32. The maximum Gasteiger partial charge on any atom is 0.258 e. The Morgan fingerprint density at radius 3 is 2.60 bits per heavy atom. The van der Waals surface area contributed by atoms with Crippen LogP contribution >= 0.6 is 0 Å². The molecular weight excluding hydrogens is 256 g/mol. The molecule has 1 aromatic heterocycles. The van der Waals surface area contributed by atoms with Gasteiger partial charge in [0.25, 0.3) is 5.91 Å². The number of carbonyl (C=O) groups is 1. The number of nitrogens with zero attached hydrogens (tertiary/aromatic N) is 2. The second-order valence-corrected chi connectivity index (χ2v) is 5.65. The summed E-state index contributed by atoms with van der Waals surface area (Å²) in [7, 11) is 1.86. The fourth-order valence-corrected chi connectivity index (χ4v) is 2.86. The number of aryl methyl sites for hydroxylation is 2. The third kappa shape index (κ3) is 2.95. The first kappa shape index (κ1) is 14.8. The fraction of sp³-hybridized carbons (Fsp3) is 0.714. The molecule has 0 aliphatic heterocycles. The van der Waals surface area contributed by atoms with Crippen molar-refractivity contribution in [1.82, 2.24) is 15.1 Å². The van der Waals surface area contributed by atoms with Crippen molar-refractivity contribution < 1.29 is 9.53 Å². The lowest BCUT2D eigenvalue weighted by Gasteiger charge is -2.28. The van der Waals surface area contributed by atoms with Crippen LogP contribution in [0.15, 0.2) is 0 Å². The highest BCUT2D eigenvalue weighted by molar-refractivity contribution is 5.78. The Hall–Kier alpha value is -1.56. The first-order valence-corrected chi connectivity index (χ1v) is 7.11. The van der Waals surface area contributed by atoms with Gasteiger partial charge in [-0.05, 0) is 26.7 Å². The summed E-state index contributed by atoms with van der Waals surface area (Å²) in [6.45, 7) is 4.29. The van der Waals surface area contributed by atoms with Crippen LogP contribution in [-0.2, 0) is 11.8 Å². The summed E-state index contributed by atoms with van der Waals surface area (Å²) in [6.07, 6.45) is 4.17. The molecule has 0 aromatic carbocycles. The van der Waals surface area contributed by atoms with E-state index in [2.05, 4.69) is 10.4 Å². The minimum Gasteiger partial charge on any atom is -0.480 e. The van der Waals surface area contributed by atoms with Crippen LogP contribution in [0.4, 0.5) is 0 Å². The van der Waals surface area contributed by atoms with E-state index in [1.807, 2.05) is 20.9 Å². The summed E-state index contributed by atoms with van der Waals surface area (Å²) in [5.74, 6) is 0.580. The summed E-state index contributed by atoms with van der Waals surface area (Å²) in [5, 5.41) is 7.30. The van der Waals surface area contributed by atoms with Crippen molar-refractivity contribution in [2.24, 2.45) is 12.8 Å². The Labute approximate surface area is 119 Å². The van der Waals surface area contributed by atoms with Crippen LogP contribution in [-0.4, -0.2) is 34.4 Å². The molecule has 2 rings (SSSR count). The van der Waals surface area contributed by atoms with Gasteiger partial charge < -0.3 is 15.8 Å². The van der Waals surface area contributed by atoms with Gasteiger partial charge in [-0.2, -0.15) is 5.10 Å². The largest absolute Gasteiger partial charge is 0.480 e. The quantitative estimate of drug-likeness (QED) is 0.836. The van der Waals surface area contributed by atoms with Crippen LogP contribution < -0.4 is 15.8 Å². The first-order valence-electron chi connectivity index (χ1n) is 7.11. The molecule has 1 aliphatic rings. The maximum atomic E-state index is 12.0. The first-order chi connectivity index (χ1) is 9.47. The second-order valence-electron chi connectivity index (χ2n) is 5.65. The highest BCUT2D eigenvalue weighted by atomic mass is 16.5. The van der Waals surface area contributed by atoms with Crippen molar-refractivity contribution in [3.63, 3.8) is 0 Å². The number of carbonyl (C=O) groups excluding carboxylic acids is 1. The molecule has 1 amide bonds. The van der Waals surface area contributed by atoms with E-state index >= 15 is 0 Å². The van der Waals surface area contributed by atoms with Gasteiger partial charge in [0.15, 0.2) is 12.4 Å². The van der Waals surface area contributed by atoms with Crippen LogP contribution in [0.5, 0.6) is 5.75 Å². The molecule has 0 unspecified atom stereocenters. The number of aromatic nitrogens is 2. The molecule has 112 valence electrons. The number of amides is 1. The molecule has 1 heterocycles. The molecule has 0 bridgehead atoms. The lowest BCUT2D eigenvalue weighted by Crippen LogP contribution is -2.52. The van der Waals surface area contributed by atoms with Crippen molar-refractivity contribution in [2.75, 3.05) is 13.2 Å². The summed E-state index contributed by atoms with van der Waals surface area (Å²) in [5.41, 5.74) is 7.30. The van der Waals surface area contributed by atoms with E-state index in [-0.39, 0.29) is 18.1 Å². The average molecular weight is 280 g/mol. The topological polar surface area (TPSA) is 82.2 Å². The standard InChI is InChI=1S/C14H24N4O2/c1-10-13(11(2)18(3)17-10)20-8-12(19)16-14(9-15)6-4-5-7-14/h4-9,15H2,1-3H3,(H,16,19). The Balaban J connectivity index is 1.92. The minimum atomic E-state index is -0.223. The Morgan fingerprint density at radius 2 is 2.10 bits per heavy atom. The van der Waals surface area contributed by atoms with Crippen molar-refractivity contribution in [2.45, 2.75) is 45.1 Å². The summed E-state index contributed by atoms with van der Waals surface area (Å²) in [4.78, 5) is 12.0. The zero-order chi connectivity index (χ0) is 14.8. The molecule has 0 saturated heterocycles. The molecule has 0 spiro atoms. The maximum absolute atomic E-state index is 12.0. The van der Waals surface area contributed by atoms with Crippen LogP contribution in [0.3, 0.4) is 0 Å². The molecule has 3 N–H and O–H groups in total. The van der Waals surface area contributed by atoms with Gasteiger partial charge in [-0.1, -0.05) is 12.8 Å². The van der Waals surface area contributed by atoms with E-state index in [0.717, 1.165) is 37.1 Å². The zero-order valence-electron chi connectivity index (χ0n) is 12.5. The van der Waals surface area contributed by atoms with Gasteiger partial charge in [0.2, 0.25) is 0 Å². The molecule has 6 nitrogen and oxygen atoms in total. The van der Waals surface area contributed by atoms with Crippen LogP contribution in [0.1, 0.15) is 37.1 Å².